The molecule has 8 heteroatoms. The Bertz CT molecular complexity index is 851. The first-order chi connectivity index (χ1) is 13.4. The number of hydrogen-bond donors (Lipinski definition) is 2. The van der Waals surface area contributed by atoms with Crippen LogP contribution in [0.15, 0.2) is 42.5 Å². The van der Waals surface area contributed by atoms with E-state index in [1.807, 2.05) is 31.2 Å². The topological polar surface area (TPSA) is 85.9 Å². The number of hydrogen-bond acceptors (Lipinski definition) is 4. The van der Waals surface area contributed by atoms with E-state index in [-0.39, 0.29) is 22.3 Å². The van der Waals surface area contributed by atoms with Gasteiger partial charge in [-0.05, 0) is 24.6 Å². The number of nitrogens with one attached hydrogen (secondary N) is 2. The predicted molar refractivity (Wildman–Crippen MR) is 106 cm³/mol. The Morgan fingerprint density at radius 1 is 1.25 bits per heavy atom. The van der Waals surface area contributed by atoms with E-state index >= 15 is 0 Å². The average molecular weight is 405 g/mol. The van der Waals surface area contributed by atoms with Crippen molar-refractivity contribution in [2.75, 3.05) is 32.8 Å². The van der Waals surface area contributed by atoms with Gasteiger partial charge in [-0.3, -0.25) is 14.9 Å². The van der Waals surface area contributed by atoms with Crippen molar-refractivity contribution in [1.82, 2.24) is 5.32 Å². The van der Waals surface area contributed by atoms with Crippen LogP contribution in [0.25, 0.3) is 0 Å². The van der Waals surface area contributed by atoms with Gasteiger partial charge >= 0.3 is 0 Å². The van der Waals surface area contributed by atoms with Gasteiger partial charge in [-0.25, -0.2) is 0 Å². The second kappa shape index (κ2) is 9.14. The van der Waals surface area contributed by atoms with Crippen LogP contribution in [0.5, 0.6) is 0 Å². The minimum absolute atomic E-state index is 0.00323. The van der Waals surface area contributed by atoms with Crippen molar-refractivity contribution in [3.8, 4) is 0 Å². The molecule has 0 aromatic heterocycles. The van der Waals surface area contributed by atoms with Crippen LogP contribution in [0.1, 0.15) is 27.5 Å². The number of nitrogens with zero attached hydrogens (tertiary/aromatic N) is 1. The molecule has 0 radical (unpaired) electrons. The molecule has 2 aromatic rings. The third kappa shape index (κ3) is 5.07. The van der Waals surface area contributed by atoms with E-state index < -0.39 is 10.8 Å². The normalized spacial score (nSPS) is 15.8. The van der Waals surface area contributed by atoms with Gasteiger partial charge in [-0.1, -0.05) is 41.4 Å². The summed E-state index contributed by atoms with van der Waals surface area (Å²) in [4.78, 5) is 25.0. The molecule has 1 amide bonds. The second-order valence-corrected chi connectivity index (χ2v) is 7.36. The number of ether oxygens (including phenoxy) is 1. The molecule has 0 saturated carbocycles. The maximum atomic E-state index is 12.9. The van der Waals surface area contributed by atoms with Gasteiger partial charge in [0.2, 0.25) is 0 Å². The van der Waals surface area contributed by atoms with Crippen molar-refractivity contribution in [3.63, 3.8) is 0 Å². The fraction of sp³-hybridized carbons (Fsp3) is 0.350. The third-order valence-corrected chi connectivity index (χ3v) is 5.11. The van der Waals surface area contributed by atoms with E-state index in [1.54, 1.807) is 0 Å². The van der Waals surface area contributed by atoms with Crippen molar-refractivity contribution in [1.29, 1.82) is 0 Å². The van der Waals surface area contributed by atoms with Crippen LogP contribution in [-0.2, 0) is 4.74 Å². The van der Waals surface area contributed by atoms with Gasteiger partial charge in [0, 0.05) is 11.1 Å². The lowest BCUT2D eigenvalue weighted by Crippen LogP contribution is -3.14. The van der Waals surface area contributed by atoms with Gasteiger partial charge in [0.05, 0.1) is 18.1 Å². The lowest BCUT2D eigenvalue weighted by Gasteiger charge is -2.28. The molecular formula is C20H23ClN3O4+. The minimum Gasteiger partial charge on any atom is -0.370 e. The first-order valence-corrected chi connectivity index (χ1v) is 9.54. The first kappa shape index (κ1) is 20.3. The quantitative estimate of drug-likeness (QED) is 0.569. The number of carbonyl (C=O) groups excluding carboxylic acids is 1. The molecule has 0 aliphatic carbocycles. The van der Waals surface area contributed by atoms with Crippen LogP contribution in [0.4, 0.5) is 5.69 Å². The molecule has 1 saturated heterocycles. The number of halogens is 1. The highest BCUT2D eigenvalue weighted by Crippen LogP contribution is 2.24. The van der Waals surface area contributed by atoms with Gasteiger partial charge in [0.15, 0.2) is 0 Å². The molecule has 7 nitrogen and oxygen atoms in total. The predicted octanol–water partition coefficient (Wildman–Crippen LogP) is 1.94. The van der Waals surface area contributed by atoms with E-state index in [4.69, 9.17) is 16.3 Å². The van der Waals surface area contributed by atoms with Gasteiger partial charge in [0.1, 0.15) is 31.2 Å². The molecule has 1 fully saturated rings. The standard InChI is InChI=1S/C20H22ClN3O4/c1-14-2-4-15(5-3-14)18(13-23-8-10-28-11-9-23)22-20(25)17-7-6-16(21)12-19(17)24(26)27/h2-7,12,18H,8-11,13H2,1H3,(H,22,25)/p+1/t18-/m0/s1. The summed E-state index contributed by atoms with van der Waals surface area (Å²) in [6.07, 6.45) is 0. The van der Waals surface area contributed by atoms with Gasteiger partial charge in [0.25, 0.3) is 11.6 Å². The summed E-state index contributed by atoms with van der Waals surface area (Å²) >= 11 is 5.86. The molecule has 1 aliphatic heterocycles. The smallest absolute Gasteiger partial charge is 0.283 e. The zero-order valence-electron chi connectivity index (χ0n) is 15.6. The number of morpholine rings is 1. The Kier molecular flexibility index (Phi) is 6.61. The Morgan fingerprint density at radius 2 is 1.93 bits per heavy atom. The maximum Gasteiger partial charge on any atom is 0.283 e. The van der Waals surface area contributed by atoms with Crippen LogP contribution in [-0.4, -0.2) is 43.7 Å². The molecule has 0 unspecified atom stereocenters. The average Bonchev–Trinajstić information content (AvgIpc) is 2.68. The van der Waals surface area contributed by atoms with Crippen LogP contribution in [0.3, 0.4) is 0 Å². The fourth-order valence-electron chi connectivity index (χ4n) is 3.29. The number of nitro benzene ring substituents is 1. The largest absolute Gasteiger partial charge is 0.370 e. The number of rotatable bonds is 6. The molecule has 0 bridgehead atoms. The summed E-state index contributed by atoms with van der Waals surface area (Å²) < 4.78 is 5.41. The molecule has 2 aromatic carbocycles. The van der Waals surface area contributed by atoms with E-state index in [2.05, 4.69) is 5.32 Å². The van der Waals surface area contributed by atoms with Crippen molar-refractivity contribution >= 4 is 23.2 Å². The highest BCUT2D eigenvalue weighted by Gasteiger charge is 2.26. The van der Waals surface area contributed by atoms with Crippen LogP contribution in [0.2, 0.25) is 5.02 Å². The zero-order valence-corrected chi connectivity index (χ0v) is 16.4. The van der Waals surface area contributed by atoms with Gasteiger partial charge < -0.3 is 15.0 Å². The summed E-state index contributed by atoms with van der Waals surface area (Å²) in [5.41, 5.74) is 1.80. The number of benzene rings is 2. The highest BCUT2D eigenvalue weighted by molar-refractivity contribution is 6.31. The summed E-state index contributed by atoms with van der Waals surface area (Å²) in [5.74, 6) is -0.485. The fourth-order valence-corrected chi connectivity index (χ4v) is 3.45. The molecule has 1 heterocycles. The van der Waals surface area contributed by atoms with Gasteiger partial charge in [-0.15, -0.1) is 0 Å². The van der Waals surface area contributed by atoms with Crippen LogP contribution in [0, 0.1) is 17.0 Å². The van der Waals surface area contributed by atoms with Gasteiger partial charge in [-0.2, -0.15) is 0 Å². The third-order valence-electron chi connectivity index (χ3n) is 4.88. The summed E-state index contributed by atoms with van der Waals surface area (Å²) in [5, 5.41) is 14.5. The summed E-state index contributed by atoms with van der Waals surface area (Å²) in [6.45, 7) is 5.78. The highest BCUT2D eigenvalue weighted by atomic mass is 35.5. The number of amides is 1. The molecule has 1 atom stereocenters. The van der Waals surface area contributed by atoms with Crippen molar-refractivity contribution < 1.29 is 19.4 Å². The van der Waals surface area contributed by atoms with Crippen molar-refractivity contribution in [2.45, 2.75) is 13.0 Å². The SMILES string of the molecule is Cc1ccc([C@H](C[NH+]2CCOCC2)NC(=O)c2ccc(Cl)cc2[N+](=O)[O-])cc1. The first-order valence-electron chi connectivity index (χ1n) is 9.16. The molecule has 28 heavy (non-hydrogen) atoms. The van der Waals surface area contributed by atoms with E-state index in [9.17, 15) is 14.9 Å². The molecule has 0 spiro atoms. The Balaban J connectivity index is 1.85. The van der Waals surface area contributed by atoms with Crippen LogP contribution < -0.4 is 10.2 Å². The number of quaternary nitrogens is 1. The minimum atomic E-state index is -0.588. The second-order valence-electron chi connectivity index (χ2n) is 6.92. The molecule has 3 rings (SSSR count). The lowest BCUT2D eigenvalue weighted by atomic mass is 10.0. The molecule has 1 aliphatic rings. The Labute approximate surface area is 168 Å². The zero-order chi connectivity index (χ0) is 20.1. The molecular weight excluding hydrogens is 382 g/mol. The Hall–Kier alpha value is -2.48. The number of carbonyl (C=O) groups is 1. The maximum absolute atomic E-state index is 12.9. The van der Waals surface area contributed by atoms with E-state index in [0.717, 1.165) is 24.2 Å². The number of nitro groups is 1. The summed E-state index contributed by atoms with van der Waals surface area (Å²) in [6, 6.07) is 11.8. The van der Waals surface area contributed by atoms with Crippen LogP contribution >= 0.6 is 11.6 Å². The lowest BCUT2D eigenvalue weighted by molar-refractivity contribution is -0.909. The Morgan fingerprint density at radius 3 is 2.57 bits per heavy atom. The number of aryl methyl sites for hydroxylation is 1. The van der Waals surface area contributed by atoms with E-state index in [0.29, 0.717) is 19.8 Å². The summed E-state index contributed by atoms with van der Waals surface area (Å²) in [7, 11) is 0. The van der Waals surface area contributed by atoms with Crippen molar-refractivity contribution in [3.05, 3.63) is 74.3 Å². The molecule has 2 N–H and O–H groups in total. The monoisotopic (exact) mass is 404 g/mol. The van der Waals surface area contributed by atoms with E-state index in [1.165, 1.54) is 23.1 Å². The van der Waals surface area contributed by atoms with Crippen molar-refractivity contribution in [2.24, 2.45) is 0 Å². The molecule has 148 valence electrons.